The van der Waals surface area contributed by atoms with Crippen molar-refractivity contribution >= 4 is 36.6 Å². The first-order valence-electron chi connectivity index (χ1n) is 7.50. The van der Waals surface area contributed by atoms with E-state index in [0.29, 0.717) is 23.1 Å². The molecule has 1 fully saturated rings. The van der Waals surface area contributed by atoms with Gasteiger partial charge in [-0.25, -0.2) is 4.98 Å². The molecule has 0 spiro atoms. The first-order valence-corrected chi connectivity index (χ1v) is 7.50. The van der Waals surface area contributed by atoms with E-state index in [1.807, 2.05) is 7.05 Å². The Morgan fingerprint density at radius 3 is 2.65 bits per heavy atom. The number of alkyl halides is 3. The van der Waals surface area contributed by atoms with Gasteiger partial charge in [-0.2, -0.15) is 23.3 Å². The number of nitrogens with one attached hydrogen (secondary N) is 1. The summed E-state index contributed by atoms with van der Waals surface area (Å²) in [7, 11) is 1.91. The summed E-state index contributed by atoms with van der Waals surface area (Å²) in [5.74, 6) is 0.748. The van der Waals surface area contributed by atoms with Crippen LogP contribution in [0.15, 0.2) is 18.5 Å². The van der Waals surface area contributed by atoms with Crippen molar-refractivity contribution in [2.45, 2.75) is 25.2 Å². The maximum absolute atomic E-state index is 12.4. The molecule has 0 saturated carbocycles. The number of nitrogens with two attached hydrogens (primary N) is 1. The summed E-state index contributed by atoms with van der Waals surface area (Å²) in [6.45, 7) is 0.477. The van der Waals surface area contributed by atoms with Crippen LogP contribution in [0.5, 0.6) is 0 Å². The Morgan fingerprint density at radius 1 is 1.31 bits per heavy atom. The molecule has 3 rings (SSSR count). The van der Waals surface area contributed by atoms with E-state index in [2.05, 4.69) is 25.3 Å². The van der Waals surface area contributed by atoms with Gasteiger partial charge in [-0.05, 0) is 13.5 Å². The summed E-state index contributed by atoms with van der Waals surface area (Å²) in [5, 5.41) is 6.95. The van der Waals surface area contributed by atoms with Crippen LogP contribution in [0.1, 0.15) is 6.42 Å². The van der Waals surface area contributed by atoms with Gasteiger partial charge in [0.1, 0.15) is 12.4 Å². The van der Waals surface area contributed by atoms with Crippen LogP contribution in [0.4, 0.5) is 24.9 Å². The Balaban J connectivity index is 0.00000169. The molecule has 1 saturated heterocycles. The van der Waals surface area contributed by atoms with Crippen LogP contribution in [0.25, 0.3) is 11.3 Å². The summed E-state index contributed by atoms with van der Waals surface area (Å²) >= 11 is 0. The molecule has 0 radical (unpaired) electrons. The summed E-state index contributed by atoms with van der Waals surface area (Å²) in [4.78, 5) is 10.4. The highest BCUT2D eigenvalue weighted by molar-refractivity contribution is 5.85. The normalized spacial score (nSPS) is 16.9. The van der Waals surface area contributed by atoms with Crippen molar-refractivity contribution in [3.63, 3.8) is 0 Å². The molecule has 3 N–H and O–H groups in total. The quantitative estimate of drug-likeness (QED) is 0.798. The molecule has 0 unspecified atom stereocenters. The van der Waals surface area contributed by atoms with Crippen molar-refractivity contribution in [3.05, 3.63) is 18.5 Å². The van der Waals surface area contributed by atoms with E-state index in [9.17, 15) is 13.2 Å². The van der Waals surface area contributed by atoms with Crippen LogP contribution in [-0.2, 0) is 6.54 Å². The second-order valence-corrected chi connectivity index (χ2v) is 5.73. The van der Waals surface area contributed by atoms with Crippen LogP contribution < -0.4 is 16.0 Å². The second kappa shape index (κ2) is 8.74. The number of nitrogen functional groups attached to an aromatic ring is 1. The van der Waals surface area contributed by atoms with Crippen LogP contribution in [0.2, 0.25) is 0 Å². The standard InChI is InChI=1S/C14H18F3N7.2ClH/c1-19-10-2-3-23(7-10)12-4-11(21-13(18)22-12)9-5-20-24(6-9)8-14(15,16)17;;/h4-6,10,19H,2-3,7-8H2,1H3,(H2,18,21,22);2*1H/t10-;;/m1../s1. The smallest absolute Gasteiger partial charge is 0.368 e. The van der Waals surface area contributed by atoms with Crippen molar-refractivity contribution in [1.82, 2.24) is 25.1 Å². The van der Waals surface area contributed by atoms with Crippen LogP contribution in [0, 0.1) is 0 Å². The van der Waals surface area contributed by atoms with Gasteiger partial charge in [0.2, 0.25) is 5.95 Å². The number of halogens is 5. The maximum Gasteiger partial charge on any atom is 0.408 e. The van der Waals surface area contributed by atoms with E-state index in [1.165, 1.54) is 12.4 Å². The van der Waals surface area contributed by atoms with Gasteiger partial charge in [0.15, 0.2) is 0 Å². The molecule has 26 heavy (non-hydrogen) atoms. The third kappa shape index (κ3) is 5.36. The number of hydrogen-bond acceptors (Lipinski definition) is 6. The van der Waals surface area contributed by atoms with E-state index < -0.39 is 12.7 Å². The molecule has 2 aromatic rings. The zero-order valence-electron chi connectivity index (χ0n) is 13.9. The van der Waals surface area contributed by atoms with Crippen LogP contribution >= 0.6 is 24.8 Å². The fourth-order valence-corrected chi connectivity index (χ4v) is 2.73. The minimum absolute atomic E-state index is 0. The molecule has 2 aromatic heterocycles. The number of rotatable bonds is 4. The molecule has 1 atom stereocenters. The average molecular weight is 414 g/mol. The lowest BCUT2D eigenvalue weighted by Crippen LogP contribution is -2.30. The molecule has 0 bridgehead atoms. The zero-order chi connectivity index (χ0) is 17.3. The maximum atomic E-state index is 12.4. The second-order valence-electron chi connectivity index (χ2n) is 5.73. The Morgan fingerprint density at radius 2 is 2.04 bits per heavy atom. The first-order chi connectivity index (χ1) is 11.3. The molecule has 3 heterocycles. The lowest BCUT2D eigenvalue weighted by molar-refractivity contribution is -0.142. The third-order valence-corrected chi connectivity index (χ3v) is 3.92. The first kappa shape index (κ1) is 22.3. The van der Waals surface area contributed by atoms with Gasteiger partial charge in [-0.3, -0.25) is 4.68 Å². The molecule has 146 valence electrons. The average Bonchev–Trinajstić information content (AvgIpc) is 3.13. The fraction of sp³-hybridized carbons (Fsp3) is 0.500. The molecular formula is C14H20Cl2F3N7. The zero-order valence-corrected chi connectivity index (χ0v) is 15.5. The molecular weight excluding hydrogens is 394 g/mol. The lowest BCUT2D eigenvalue weighted by atomic mass is 10.2. The van der Waals surface area contributed by atoms with Crippen molar-refractivity contribution in [2.24, 2.45) is 0 Å². The molecule has 1 aliphatic heterocycles. The predicted octanol–water partition coefficient (Wildman–Crippen LogP) is 2.13. The van der Waals surface area contributed by atoms with Gasteiger partial charge in [0, 0.05) is 37.0 Å². The van der Waals surface area contributed by atoms with Gasteiger partial charge in [0.05, 0.1) is 11.9 Å². The Kier molecular flexibility index (Phi) is 7.48. The summed E-state index contributed by atoms with van der Waals surface area (Å²) in [6, 6.07) is 2.10. The molecule has 7 nitrogen and oxygen atoms in total. The van der Waals surface area contributed by atoms with E-state index >= 15 is 0 Å². The molecule has 0 amide bonds. The molecule has 0 aromatic carbocycles. The van der Waals surface area contributed by atoms with E-state index in [1.54, 1.807) is 6.07 Å². The van der Waals surface area contributed by atoms with Crippen molar-refractivity contribution in [3.8, 4) is 11.3 Å². The van der Waals surface area contributed by atoms with Crippen LogP contribution in [0.3, 0.4) is 0 Å². The van der Waals surface area contributed by atoms with Gasteiger partial charge in [0.25, 0.3) is 0 Å². The Bertz CT molecular complexity index is 723. The number of aromatic nitrogens is 4. The van der Waals surface area contributed by atoms with Gasteiger partial charge in [-0.15, -0.1) is 24.8 Å². The monoisotopic (exact) mass is 413 g/mol. The lowest BCUT2D eigenvalue weighted by Gasteiger charge is -2.18. The van der Waals surface area contributed by atoms with Gasteiger partial charge >= 0.3 is 6.18 Å². The van der Waals surface area contributed by atoms with E-state index in [-0.39, 0.29) is 30.8 Å². The minimum atomic E-state index is -4.32. The Labute approximate surface area is 161 Å². The summed E-state index contributed by atoms with van der Waals surface area (Å²) < 4.78 is 38.1. The Hall–Kier alpha value is -1.78. The molecule has 0 aliphatic carbocycles. The fourth-order valence-electron chi connectivity index (χ4n) is 2.73. The van der Waals surface area contributed by atoms with Gasteiger partial charge < -0.3 is 16.0 Å². The predicted molar refractivity (Wildman–Crippen MR) is 97.9 cm³/mol. The highest BCUT2D eigenvalue weighted by atomic mass is 35.5. The number of likely N-dealkylation sites (N-methyl/N-ethyl adjacent to an activating group) is 1. The van der Waals surface area contributed by atoms with Crippen molar-refractivity contribution in [1.29, 1.82) is 0 Å². The van der Waals surface area contributed by atoms with Gasteiger partial charge in [-0.1, -0.05) is 0 Å². The third-order valence-electron chi connectivity index (χ3n) is 3.92. The number of anilines is 2. The van der Waals surface area contributed by atoms with Crippen molar-refractivity contribution in [2.75, 3.05) is 30.8 Å². The number of nitrogens with zero attached hydrogens (tertiary/aromatic N) is 5. The molecule has 12 heteroatoms. The van der Waals surface area contributed by atoms with Crippen molar-refractivity contribution < 1.29 is 13.2 Å². The summed E-state index contributed by atoms with van der Waals surface area (Å²) in [5.41, 5.74) is 6.70. The largest absolute Gasteiger partial charge is 0.408 e. The summed E-state index contributed by atoms with van der Waals surface area (Å²) in [6.07, 6.45) is -0.687. The SMILES string of the molecule is CN[C@@H]1CCN(c2cc(-c3cnn(CC(F)(F)F)c3)nc(N)n2)C1.Cl.Cl. The topological polar surface area (TPSA) is 84.9 Å². The van der Waals surface area contributed by atoms with Crippen LogP contribution in [-0.4, -0.2) is 52.1 Å². The minimum Gasteiger partial charge on any atom is -0.368 e. The molecule has 1 aliphatic rings. The van der Waals surface area contributed by atoms with E-state index in [0.717, 1.165) is 24.2 Å². The number of hydrogen-bond donors (Lipinski definition) is 2. The van der Waals surface area contributed by atoms with E-state index in [4.69, 9.17) is 5.73 Å². The highest BCUT2D eigenvalue weighted by Gasteiger charge is 2.28. The highest BCUT2D eigenvalue weighted by Crippen LogP contribution is 2.25.